The van der Waals surface area contributed by atoms with Crippen molar-refractivity contribution in [3.05, 3.63) is 29.8 Å². The van der Waals surface area contributed by atoms with E-state index in [9.17, 15) is 14.4 Å². The first-order valence-electron chi connectivity index (χ1n) is 8.96. The smallest absolute Gasteiger partial charge is 0.253 e. The van der Waals surface area contributed by atoms with Crippen LogP contribution in [0.2, 0.25) is 0 Å². The highest BCUT2D eigenvalue weighted by Crippen LogP contribution is 2.17. The van der Waals surface area contributed by atoms with Crippen LogP contribution in [0, 0.1) is 0 Å². The number of carbonyl (C=O) groups excluding carboxylic acids is 3. The van der Waals surface area contributed by atoms with Gasteiger partial charge in [0, 0.05) is 43.7 Å². The van der Waals surface area contributed by atoms with E-state index in [2.05, 4.69) is 17.6 Å². The summed E-state index contributed by atoms with van der Waals surface area (Å²) >= 11 is 0. The Morgan fingerprint density at radius 1 is 1.20 bits per heavy atom. The predicted octanol–water partition coefficient (Wildman–Crippen LogP) is 2.56. The average molecular weight is 345 g/mol. The summed E-state index contributed by atoms with van der Waals surface area (Å²) in [5.74, 6) is -0.0955. The molecule has 0 aliphatic carbocycles. The molecule has 1 saturated heterocycles. The van der Waals surface area contributed by atoms with Gasteiger partial charge < -0.3 is 15.5 Å². The van der Waals surface area contributed by atoms with E-state index in [1.807, 2.05) is 4.90 Å². The molecule has 25 heavy (non-hydrogen) atoms. The standard InChI is InChI=1S/C19H27N3O3/c1-3-4-8-18(24)21-16-9-11-22(12-10-16)19(25)15-6-5-7-17(13-15)20-14(2)23/h5-7,13,16H,3-4,8-12H2,1-2H3,(H,20,23)(H,21,24). The molecule has 1 aliphatic rings. The van der Waals surface area contributed by atoms with Gasteiger partial charge in [-0.1, -0.05) is 19.4 Å². The third-order valence-electron chi connectivity index (χ3n) is 4.33. The Balaban J connectivity index is 1.87. The number of hydrogen-bond acceptors (Lipinski definition) is 3. The molecule has 0 atom stereocenters. The van der Waals surface area contributed by atoms with E-state index in [1.54, 1.807) is 24.3 Å². The number of benzene rings is 1. The summed E-state index contributed by atoms with van der Waals surface area (Å²) in [5.41, 5.74) is 1.19. The average Bonchev–Trinajstić information content (AvgIpc) is 2.59. The molecule has 136 valence electrons. The van der Waals surface area contributed by atoms with Crippen LogP contribution in [0.25, 0.3) is 0 Å². The lowest BCUT2D eigenvalue weighted by atomic mass is 10.0. The summed E-state index contributed by atoms with van der Waals surface area (Å²) in [6.45, 7) is 4.76. The second-order valence-corrected chi connectivity index (χ2v) is 6.50. The van der Waals surface area contributed by atoms with Gasteiger partial charge in [-0.05, 0) is 37.5 Å². The van der Waals surface area contributed by atoms with Crippen LogP contribution < -0.4 is 10.6 Å². The molecule has 0 aromatic heterocycles. The van der Waals surface area contributed by atoms with Gasteiger partial charge in [0.15, 0.2) is 0 Å². The van der Waals surface area contributed by atoms with Crippen LogP contribution in [-0.2, 0) is 9.59 Å². The first-order chi connectivity index (χ1) is 12.0. The molecule has 2 rings (SSSR count). The number of nitrogens with zero attached hydrogens (tertiary/aromatic N) is 1. The van der Waals surface area contributed by atoms with Crippen molar-refractivity contribution < 1.29 is 14.4 Å². The number of nitrogens with one attached hydrogen (secondary N) is 2. The van der Waals surface area contributed by atoms with E-state index < -0.39 is 0 Å². The van der Waals surface area contributed by atoms with Crippen molar-refractivity contribution in [2.24, 2.45) is 0 Å². The van der Waals surface area contributed by atoms with Crippen LogP contribution in [-0.4, -0.2) is 41.8 Å². The van der Waals surface area contributed by atoms with E-state index in [4.69, 9.17) is 0 Å². The highest BCUT2D eigenvalue weighted by atomic mass is 16.2. The molecule has 0 radical (unpaired) electrons. The third-order valence-corrected chi connectivity index (χ3v) is 4.33. The fourth-order valence-corrected chi connectivity index (χ4v) is 2.98. The first-order valence-corrected chi connectivity index (χ1v) is 8.96. The number of piperidine rings is 1. The van der Waals surface area contributed by atoms with Crippen LogP contribution in [0.4, 0.5) is 5.69 Å². The normalized spacial score (nSPS) is 14.9. The van der Waals surface area contributed by atoms with Crippen molar-refractivity contribution in [1.82, 2.24) is 10.2 Å². The van der Waals surface area contributed by atoms with Gasteiger partial charge in [0.2, 0.25) is 11.8 Å². The molecule has 6 heteroatoms. The molecule has 2 N–H and O–H groups in total. The Bertz CT molecular complexity index is 622. The van der Waals surface area contributed by atoms with E-state index in [0.29, 0.717) is 30.8 Å². The van der Waals surface area contributed by atoms with Gasteiger partial charge in [-0.3, -0.25) is 14.4 Å². The number of likely N-dealkylation sites (tertiary alicyclic amines) is 1. The van der Waals surface area contributed by atoms with Crippen molar-refractivity contribution in [2.45, 2.75) is 52.0 Å². The number of carbonyl (C=O) groups is 3. The fraction of sp³-hybridized carbons (Fsp3) is 0.526. The summed E-state index contributed by atoms with van der Waals surface area (Å²) < 4.78 is 0. The number of rotatable bonds is 6. The molecule has 3 amide bonds. The third kappa shape index (κ3) is 5.89. The zero-order chi connectivity index (χ0) is 18.2. The lowest BCUT2D eigenvalue weighted by Gasteiger charge is -2.32. The molecule has 0 spiro atoms. The van der Waals surface area contributed by atoms with Crippen LogP contribution >= 0.6 is 0 Å². The van der Waals surface area contributed by atoms with Crippen molar-refractivity contribution in [1.29, 1.82) is 0 Å². The lowest BCUT2D eigenvalue weighted by molar-refractivity contribution is -0.122. The Kier molecular flexibility index (Phi) is 6.98. The molecule has 1 aromatic carbocycles. The quantitative estimate of drug-likeness (QED) is 0.832. The van der Waals surface area contributed by atoms with Gasteiger partial charge >= 0.3 is 0 Å². The van der Waals surface area contributed by atoms with Gasteiger partial charge in [0.1, 0.15) is 0 Å². The highest BCUT2D eigenvalue weighted by molar-refractivity contribution is 5.96. The number of amides is 3. The Morgan fingerprint density at radius 3 is 2.56 bits per heavy atom. The molecule has 0 unspecified atom stereocenters. The largest absolute Gasteiger partial charge is 0.353 e. The van der Waals surface area contributed by atoms with Crippen molar-refractivity contribution in [3.8, 4) is 0 Å². The minimum absolute atomic E-state index is 0.0389. The fourth-order valence-electron chi connectivity index (χ4n) is 2.98. The monoisotopic (exact) mass is 345 g/mol. The first kappa shape index (κ1) is 19.0. The van der Waals surface area contributed by atoms with E-state index in [-0.39, 0.29) is 23.8 Å². The molecule has 6 nitrogen and oxygen atoms in total. The van der Waals surface area contributed by atoms with Crippen molar-refractivity contribution >= 4 is 23.4 Å². The minimum atomic E-state index is -0.163. The predicted molar refractivity (Wildman–Crippen MR) is 97.3 cm³/mol. The Hall–Kier alpha value is -2.37. The van der Waals surface area contributed by atoms with Gasteiger partial charge in [-0.15, -0.1) is 0 Å². The molecule has 0 saturated carbocycles. The van der Waals surface area contributed by atoms with Crippen LogP contribution in [0.5, 0.6) is 0 Å². The molecular formula is C19H27N3O3. The summed E-state index contributed by atoms with van der Waals surface area (Å²) in [6, 6.07) is 7.13. The second-order valence-electron chi connectivity index (χ2n) is 6.50. The summed E-state index contributed by atoms with van der Waals surface area (Å²) in [6.07, 6.45) is 4.04. The lowest BCUT2D eigenvalue weighted by Crippen LogP contribution is -2.46. The zero-order valence-corrected chi connectivity index (χ0v) is 15.0. The Labute approximate surface area is 149 Å². The van der Waals surface area contributed by atoms with Gasteiger partial charge in [-0.2, -0.15) is 0 Å². The van der Waals surface area contributed by atoms with Crippen molar-refractivity contribution in [3.63, 3.8) is 0 Å². The molecule has 0 bridgehead atoms. The Morgan fingerprint density at radius 2 is 1.92 bits per heavy atom. The summed E-state index contributed by atoms with van der Waals surface area (Å²) in [4.78, 5) is 37.4. The van der Waals surface area contributed by atoms with Crippen LogP contribution in [0.15, 0.2) is 24.3 Å². The maximum atomic E-state index is 12.6. The topological polar surface area (TPSA) is 78.5 Å². The van der Waals surface area contributed by atoms with E-state index in [0.717, 1.165) is 25.7 Å². The van der Waals surface area contributed by atoms with Crippen molar-refractivity contribution in [2.75, 3.05) is 18.4 Å². The number of anilines is 1. The van der Waals surface area contributed by atoms with E-state index >= 15 is 0 Å². The summed E-state index contributed by atoms with van der Waals surface area (Å²) in [7, 11) is 0. The molecular weight excluding hydrogens is 318 g/mol. The second kappa shape index (κ2) is 9.20. The number of hydrogen-bond donors (Lipinski definition) is 2. The maximum absolute atomic E-state index is 12.6. The van der Waals surface area contributed by atoms with Gasteiger partial charge in [-0.25, -0.2) is 0 Å². The van der Waals surface area contributed by atoms with Crippen LogP contribution in [0.3, 0.4) is 0 Å². The minimum Gasteiger partial charge on any atom is -0.353 e. The maximum Gasteiger partial charge on any atom is 0.253 e. The van der Waals surface area contributed by atoms with E-state index in [1.165, 1.54) is 6.92 Å². The molecule has 1 aromatic rings. The zero-order valence-electron chi connectivity index (χ0n) is 15.0. The van der Waals surface area contributed by atoms with Gasteiger partial charge in [0.25, 0.3) is 5.91 Å². The SMILES string of the molecule is CCCCC(=O)NC1CCN(C(=O)c2cccc(NC(C)=O)c2)CC1. The summed E-state index contributed by atoms with van der Waals surface area (Å²) in [5, 5.41) is 5.75. The molecule has 1 heterocycles. The number of unbranched alkanes of at least 4 members (excludes halogenated alkanes) is 1. The molecule has 1 fully saturated rings. The van der Waals surface area contributed by atoms with Gasteiger partial charge in [0.05, 0.1) is 0 Å². The van der Waals surface area contributed by atoms with Crippen LogP contribution in [0.1, 0.15) is 56.3 Å². The molecule has 1 aliphatic heterocycles. The highest BCUT2D eigenvalue weighted by Gasteiger charge is 2.24.